The second-order valence-electron chi connectivity index (χ2n) is 3.14. The van der Waals surface area contributed by atoms with Gasteiger partial charge in [-0.15, -0.1) is 5.92 Å². The summed E-state index contributed by atoms with van der Waals surface area (Å²) in [6.07, 6.45) is 5.39. The van der Waals surface area contributed by atoms with E-state index in [0.717, 1.165) is 0 Å². The summed E-state index contributed by atoms with van der Waals surface area (Å²) >= 11 is 0. The van der Waals surface area contributed by atoms with Crippen molar-refractivity contribution < 1.29 is 0 Å². The summed E-state index contributed by atoms with van der Waals surface area (Å²) in [7, 11) is 0. The van der Waals surface area contributed by atoms with Crippen LogP contribution in [-0.4, -0.2) is 0 Å². The van der Waals surface area contributed by atoms with Gasteiger partial charge in [0.05, 0.1) is 0 Å². The average molecular weight is 152 g/mol. The molecule has 0 nitrogen and oxygen atoms in total. The Morgan fingerprint density at radius 2 is 1.55 bits per heavy atom. The smallest absolute Gasteiger partial charge is 0.0286 e. The normalized spacial score (nSPS) is 19.3. The van der Waals surface area contributed by atoms with E-state index in [9.17, 15) is 0 Å². The average Bonchev–Trinajstić information content (AvgIpc) is 2.41. The van der Waals surface area contributed by atoms with E-state index in [4.69, 9.17) is 0 Å². The molecule has 0 aromatic rings. The maximum atomic E-state index is 3.27. The van der Waals surface area contributed by atoms with Crippen molar-refractivity contribution in [2.45, 2.75) is 53.4 Å². The molecule has 0 heterocycles. The van der Waals surface area contributed by atoms with Crippen molar-refractivity contribution in [2.75, 3.05) is 0 Å². The second kappa shape index (κ2) is 5.24. The molecule has 1 saturated carbocycles. The van der Waals surface area contributed by atoms with Crippen LogP contribution >= 0.6 is 0 Å². The molecule has 0 amide bonds. The third-order valence-electron chi connectivity index (χ3n) is 2.13. The Bertz CT molecular complexity index is 139. The van der Waals surface area contributed by atoms with E-state index in [1.54, 1.807) is 0 Å². The summed E-state index contributed by atoms with van der Waals surface area (Å²) < 4.78 is 0. The number of rotatable bonds is 0. The molecule has 0 radical (unpaired) electrons. The lowest BCUT2D eigenvalue weighted by molar-refractivity contribution is 0.468. The maximum Gasteiger partial charge on any atom is 0.0286 e. The zero-order valence-electron chi connectivity index (χ0n) is 8.33. The summed E-state index contributed by atoms with van der Waals surface area (Å²) in [5.74, 6) is 6.27. The Morgan fingerprint density at radius 3 is 1.91 bits per heavy atom. The SMILES string of the molecule is CC.CC#CC1(C)CCCC1. The quantitative estimate of drug-likeness (QED) is 0.465. The minimum absolute atomic E-state index is 0.384. The highest BCUT2D eigenvalue weighted by Gasteiger charge is 2.25. The van der Waals surface area contributed by atoms with Gasteiger partial charge in [-0.05, 0) is 26.7 Å². The number of hydrogen-bond acceptors (Lipinski definition) is 0. The van der Waals surface area contributed by atoms with Crippen LogP contribution in [0, 0.1) is 17.3 Å². The Balaban J connectivity index is 0.000000461. The van der Waals surface area contributed by atoms with Gasteiger partial charge in [-0.25, -0.2) is 0 Å². The fourth-order valence-corrected chi connectivity index (χ4v) is 1.58. The van der Waals surface area contributed by atoms with Gasteiger partial charge in [-0.2, -0.15) is 0 Å². The Kier molecular flexibility index (Phi) is 5.03. The van der Waals surface area contributed by atoms with Crippen LogP contribution in [0.3, 0.4) is 0 Å². The summed E-state index contributed by atoms with van der Waals surface area (Å²) in [5.41, 5.74) is 0.384. The zero-order valence-corrected chi connectivity index (χ0v) is 8.33. The third-order valence-corrected chi connectivity index (χ3v) is 2.13. The Hall–Kier alpha value is -0.440. The first-order chi connectivity index (χ1) is 5.27. The molecular formula is C11H20. The molecule has 1 rings (SSSR count). The van der Waals surface area contributed by atoms with E-state index in [1.807, 2.05) is 20.8 Å². The molecule has 0 aromatic heterocycles. The fraction of sp³-hybridized carbons (Fsp3) is 0.818. The first-order valence-corrected chi connectivity index (χ1v) is 4.71. The van der Waals surface area contributed by atoms with Crippen LogP contribution in [0.25, 0.3) is 0 Å². The fourth-order valence-electron chi connectivity index (χ4n) is 1.58. The van der Waals surface area contributed by atoms with E-state index in [0.29, 0.717) is 5.41 Å². The van der Waals surface area contributed by atoms with Crippen molar-refractivity contribution in [3.63, 3.8) is 0 Å². The molecule has 11 heavy (non-hydrogen) atoms. The second-order valence-corrected chi connectivity index (χ2v) is 3.14. The Labute approximate surface area is 71.4 Å². The van der Waals surface area contributed by atoms with E-state index >= 15 is 0 Å². The molecule has 1 aliphatic carbocycles. The molecule has 0 spiro atoms. The number of hydrogen-bond donors (Lipinski definition) is 0. The molecule has 1 fully saturated rings. The van der Waals surface area contributed by atoms with Crippen molar-refractivity contribution in [3.05, 3.63) is 0 Å². The van der Waals surface area contributed by atoms with E-state index in [1.165, 1.54) is 25.7 Å². The van der Waals surface area contributed by atoms with Crippen molar-refractivity contribution in [2.24, 2.45) is 5.41 Å². The highest BCUT2D eigenvalue weighted by molar-refractivity contribution is 5.10. The zero-order chi connectivity index (χ0) is 8.74. The van der Waals surface area contributed by atoms with Gasteiger partial charge in [-0.3, -0.25) is 0 Å². The molecule has 64 valence electrons. The highest BCUT2D eigenvalue weighted by Crippen LogP contribution is 2.36. The predicted molar refractivity (Wildman–Crippen MR) is 51.4 cm³/mol. The van der Waals surface area contributed by atoms with Crippen molar-refractivity contribution in [3.8, 4) is 11.8 Å². The maximum absolute atomic E-state index is 3.27. The third kappa shape index (κ3) is 3.46. The van der Waals surface area contributed by atoms with Crippen LogP contribution in [0.5, 0.6) is 0 Å². The highest BCUT2D eigenvalue weighted by atomic mass is 14.3. The lowest BCUT2D eigenvalue weighted by Crippen LogP contribution is -2.05. The lowest BCUT2D eigenvalue weighted by atomic mass is 9.90. The van der Waals surface area contributed by atoms with Gasteiger partial charge in [-0.1, -0.05) is 32.6 Å². The standard InChI is InChI=1S/C9H14.C2H6/c1-3-6-9(2)7-4-5-8-9;1-2/h4-5,7-8H2,1-2H3;1-2H3. The predicted octanol–water partition coefficient (Wildman–Crippen LogP) is 3.62. The molecule has 0 aromatic carbocycles. The van der Waals surface area contributed by atoms with E-state index in [2.05, 4.69) is 18.8 Å². The van der Waals surface area contributed by atoms with Crippen LogP contribution in [-0.2, 0) is 0 Å². The molecular weight excluding hydrogens is 132 g/mol. The summed E-state index contributed by atoms with van der Waals surface area (Å²) in [5, 5.41) is 0. The lowest BCUT2D eigenvalue weighted by Gasteiger charge is -2.13. The molecule has 0 bridgehead atoms. The Morgan fingerprint density at radius 1 is 1.09 bits per heavy atom. The molecule has 0 aliphatic heterocycles. The monoisotopic (exact) mass is 152 g/mol. The molecule has 0 heteroatoms. The van der Waals surface area contributed by atoms with Gasteiger partial charge in [0.25, 0.3) is 0 Å². The van der Waals surface area contributed by atoms with Crippen molar-refractivity contribution in [1.82, 2.24) is 0 Å². The van der Waals surface area contributed by atoms with Crippen LogP contribution in [0.15, 0.2) is 0 Å². The van der Waals surface area contributed by atoms with Gasteiger partial charge < -0.3 is 0 Å². The molecule has 0 unspecified atom stereocenters. The first-order valence-electron chi connectivity index (χ1n) is 4.71. The minimum atomic E-state index is 0.384. The topological polar surface area (TPSA) is 0 Å². The van der Waals surface area contributed by atoms with Gasteiger partial charge in [0.2, 0.25) is 0 Å². The van der Waals surface area contributed by atoms with Crippen LogP contribution < -0.4 is 0 Å². The molecule has 0 saturated heterocycles. The van der Waals surface area contributed by atoms with Gasteiger partial charge in [0.1, 0.15) is 0 Å². The van der Waals surface area contributed by atoms with Gasteiger partial charge in [0, 0.05) is 5.41 Å². The van der Waals surface area contributed by atoms with E-state index < -0.39 is 0 Å². The molecule has 0 N–H and O–H groups in total. The summed E-state index contributed by atoms with van der Waals surface area (Å²) in [4.78, 5) is 0. The molecule has 1 aliphatic rings. The largest absolute Gasteiger partial charge is 0.106 e. The van der Waals surface area contributed by atoms with Crippen molar-refractivity contribution in [1.29, 1.82) is 0 Å². The van der Waals surface area contributed by atoms with Crippen LogP contribution in [0.1, 0.15) is 53.4 Å². The summed E-state index contributed by atoms with van der Waals surface area (Å²) in [6, 6.07) is 0. The van der Waals surface area contributed by atoms with Gasteiger partial charge >= 0.3 is 0 Å². The van der Waals surface area contributed by atoms with Crippen LogP contribution in [0.2, 0.25) is 0 Å². The van der Waals surface area contributed by atoms with Gasteiger partial charge in [0.15, 0.2) is 0 Å². The first kappa shape index (κ1) is 10.6. The van der Waals surface area contributed by atoms with Crippen molar-refractivity contribution >= 4 is 0 Å². The summed E-state index contributed by atoms with van der Waals surface area (Å²) in [6.45, 7) is 8.21. The minimum Gasteiger partial charge on any atom is -0.106 e. The molecule has 0 atom stereocenters. The van der Waals surface area contributed by atoms with E-state index in [-0.39, 0.29) is 0 Å². The van der Waals surface area contributed by atoms with Crippen LogP contribution in [0.4, 0.5) is 0 Å².